The minimum Gasteiger partial charge on any atom is -0.397 e. The van der Waals surface area contributed by atoms with Crippen LogP contribution in [0.5, 0.6) is 0 Å². The Morgan fingerprint density at radius 3 is 2.29 bits per heavy atom. The Morgan fingerprint density at radius 2 is 1.62 bits per heavy atom. The highest BCUT2D eigenvalue weighted by atomic mass is 16.1. The maximum atomic E-state index is 12.4. The first-order chi connectivity index (χ1) is 10.3. The lowest BCUT2D eigenvalue weighted by Crippen LogP contribution is -2.30. The predicted octanol–water partition coefficient (Wildman–Crippen LogP) is 3.49. The summed E-state index contributed by atoms with van der Waals surface area (Å²) in [5.74, 6) is 0.0208. The molecule has 0 amide bonds. The predicted molar refractivity (Wildman–Crippen MR) is 86.8 cm³/mol. The molecule has 1 aliphatic heterocycles. The maximum absolute atomic E-state index is 12.4. The lowest BCUT2D eigenvalue weighted by molar-refractivity contribution is 0.103. The molecule has 2 N–H and O–H groups in total. The minimum absolute atomic E-state index is 0.0208. The summed E-state index contributed by atoms with van der Waals surface area (Å²) in [5, 5.41) is 0. The van der Waals surface area contributed by atoms with Gasteiger partial charge >= 0.3 is 0 Å². The van der Waals surface area contributed by atoms with Gasteiger partial charge in [-0.1, -0.05) is 30.3 Å². The third-order valence-electron chi connectivity index (χ3n) is 4.02. The van der Waals surface area contributed by atoms with Crippen LogP contribution in [0, 0.1) is 0 Å². The fourth-order valence-corrected chi connectivity index (χ4v) is 2.87. The highest BCUT2D eigenvalue weighted by molar-refractivity contribution is 6.09. The van der Waals surface area contributed by atoms with Crippen molar-refractivity contribution >= 4 is 17.2 Å². The number of nitrogens with zero attached hydrogens (tertiary/aromatic N) is 1. The Hall–Kier alpha value is -2.29. The Balaban J connectivity index is 1.85. The summed E-state index contributed by atoms with van der Waals surface area (Å²) in [6.45, 7) is 2.10. The van der Waals surface area contributed by atoms with Crippen molar-refractivity contribution in [2.24, 2.45) is 0 Å². The Bertz CT molecular complexity index is 631. The van der Waals surface area contributed by atoms with Gasteiger partial charge in [-0.05, 0) is 37.5 Å². The first-order valence-corrected chi connectivity index (χ1v) is 7.50. The zero-order chi connectivity index (χ0) is 14.7. The molecule has 3 rings (SSSR count). The molecule has 3 nitrogen and oxygen atoms in total. The summed E-state index contributed by atoms with van der Waals surface area (Å²) in [6, 6.07) is 15.0. The average molecular weight is 280 g/mol. The van der Waals surface area contributed by atoms with Gasteiger partial charge in [0.1, 0.15) is 0 Å². The van der Waals surface area contributed by atoms with Crippen LogP contribution in [0.1, 0.15) is 35.2 Å². The number of ketones is 1. The number of piperidine rings is 1. The zero-order valence-corrected chi connectivity index (χ0v) is 12.1. The topological polar surface area (TPSA) is 46.3 Å². The second-order valence-electron chi connectivity index (χ2n) is 5.52. The van der Waals surface area contributed by atoms with E-state index in [1.807, 2.05) is 42.5 Å². The zero-order valence-electron chi connectivity index (χ0n) is 12.1. The van der Waals surface area contributed by atoms with E-state index in [0.717, 1.165) is 18.8 Å². The highest BCUT2D eigenvalue weighted by Crippen LogP contribution is 2.28. The van der Waals surface area contributed by atoms with Crippen molar-refractivity contribution in [1.29, 1.82) is 0 Å². The van der Waals surface area contributed by atoms with Crippen LogP contribution in [-0.4, -0.2) is 18.9 Å². The maximum Gasteiger partial charge on any atom is 0.193 e. The van der Waals surface area contributed by atoms with Crippen LogP contribution in [0.3, 0.4) is 0 Å². The molecule has 1 aliphatic rings. The molecule has 21 heavy (non-hydrogen) atoms. The molecule has 0 aromatic heterocycles. The van der Waals surface area contributed by atoms with Crippen LogP contribution in [0.2, 0.25) is 0 Å². The molecule has 0 saturated carbocycles. The van der Waals surface area contributed by atoms with Crippen molar-refractivity contribution in [3.63, 3.8) is 0 Å². The van der Waals surface area contributed by atoms with E-state index in [2.05, 4.69) is 4.90 Å². The van der Waals surface area contributed by atoms with Crippen molar-refractivity contribution in [2.45, 2.75) is 19.3 Å². The number of rotatable bonds is 3. The molecule has 0 unspecified atom stereocenters. The van der Waals surface area contributed by atoms with Gasteiger partial charge in [0.15, 0.2) is 5.78 Å². The van der Waals surface area contributed by atoms with Crippen LogP contribution < -0.4 is 10.6 Å². The molecule has 0 radical (unpaired) electrons. The molecule has 0 aliphatic carbocycles. The Labute approximate surface area is 125 Å². The second kappa shape index (κ2) is 6.00. The number of carbonyl (C=O) groups is 1. The van der Waals surface area contributed by atoms with Gasteiger partial charge in [0.25, 0.3) is 0 Å². The van der Waals surface area contributed by atoms with E-state index in [-0.39, 0.29) is 5.78 Å². The molecule has 0 spiro atoms. The number of nitrogen functional groups attached to an aromatic ring is 1. The molecule has 1 saturated heterocycles. The fourth-order valence-electron chi connectivity index (χ4n) is 2.87. The van der Waals surface area contributed by atoms with Crippen molar-refractivity contribution in [3.8, 4) is 0 Å². The average Bonchev–Trinajstić information content (AvgIpc) is 2.55. The van der Waals surface area contributed by atoms with Crippen molar-refractivity contribution in [3.05, 3.63) is 59.7 Å². The van der Waals surface area contributed by atoms with Crippen LogP contribution in [-0.2, 0) is 0 Å². The summed E-state index contributed by atoms with van der Waals surface area (Å²) in [7, 11) is 0. The van der Waals surface area contributed by atoms with Crippen molar-refractivity contribution in [2.75, 3.05) is 23.7 Å². The van der Waals surface area contributed by atoms with Gasteiger partial charge in [0.05, 0.1) is 11.4 Å². The largest absolute Gasteiger partial charge is 0.397 e. The lowest BCUT2D eigenvalue weighted by Gasteiger charge is -2.30. The van der Waals surface area contributed by atoms with E-state index in [1.54, 1.807) is 6.07 Å². The molecule has 2 aromatic rings. The van der Waals surface area contributed by atoms with Crippen molar-refractivity contribution in [1.82, 2.24) is 0 Å². The summed E-state index contributed by atoms with van der Waals surface area (Å²) >= 11 is 0. The number of nitrogens with two attached hydrogens (primary N) is 1. The first kappa shape index (κ1) is 13.7. The van der Waals surface area contributed by atoms with Gasteiger partial charge in [-0.15, -0.1) is 0 Å². The van der Waals surface area contributed by atoms with Gasteiger partial charge in [0.2, 0.25) is 0 Å². The van der Waals surface area contributed by atoms with E-state index in [4.69, 9.17) is 5.73 Å². The summed E-state index contributed by atoms with van der Waals surface area (Å²) in [4.78, 5) is 14.7. The highest BCUT2D eigenvalue weighted by Gasteiger charge is 2.15. The van der Waals surface area contributed by atoms with E-state index < -0.39 is 0 Å². The number of hydrogen-bond donors (Lipinski definition) is 1. The van der Waals surface area contributed by atoms with E-state index in [9.17, 15) is 4.79 Å². The number of hydrogen-bond acceptors (Lipinski definition) is 3. The first-order valence-electron chi connectivity index (χ1n) is 7.50. The van der Waals surface area contributed by atoms with Crippen molar-refractivity contribution < 1.29 is 4.79 Å². The van der Waals surface area contributed by atoms with Gasteiger partial charge in [-0.2, -0.15) is 0 Å². The molecule has 0 atom stereocenters. The molecular formula is C18H20N2O. The molecule has 3 heteroatoms. The molecule has 108 valence electrons. The second-order valence-corrected chi connectivity index (χ2v) is 5.52. The van der Waals surface area contributed by atoms with E-state index >= 15 is 0 Å². The summed E-state index contributed by atoms with van der Waals surface area (Å²) in [5.41, 5.74) is 9.27. The van der Waals surface area contributed by atoms with Crippen LogP contribution in [0.25, 0.3) is 0 Å². The third kappa shape index (κ3) is 2.92. The van der Waals surface area contributed by atoms with Gasteiger partial charge in [-0.3, -0.25) is 4.79 Å². The van der Waals surface area contributed by atoms with Gasteiger partial charge < -0.3 is 10.6 Å². The van der Waals surface area contributed by atoms with Crippen LogP contribution in [0.4, 0.5) is 11.4 Å². The van der Waals surface area contributed by atoms with Crippen LogP contribution >= 0.6 is 0 Å². The number of benzene rings is 2. The molecule has 0 bridgehead atoms. The summed E-state index contributed by atoms with van der Waals surface area (Å²) < 4.78 is 0. The molecule has 2 aromatic carbocycles. The standard InChI is InChI=1S/C18H20N2O/c19-16-13-15(18(21)14-7-3-1-4-8-14)9-10-17(16)20-11-5-2-6-12-20/h1,3-4,7-10,13H,2,5-6,11-12,19H2. The van der Waals surface area contributed by atoms with Gasteiger partial charge in [0, 0.05) is 24.2 Å². The number of anilines is 2. The SMILES string of the molecule is Nc1cc(C(=O)c2ccccc2)ccc1N1CCCCC1. The van der Waals surface area contributed by atoms with E-state index in [0.29, 0.717) is 16.8 Å². The molecule has 1 fully saturated rings. The molecule has 1 heterocycles. The van der Waals surface area contributed by atoms with E-state index in [1.165, 1.54) is 19.3 Å². The monoisotopic (exact) mass is 280 g/mol. The minimum atomic E-state index is 0.0208. The third-order valence-corrected chi connectivity index (χ3v) is 4.02. The normalized spacial score (nSPS) is 15.0. The number of carbonyl (C=O) groups excluding carboxylic acids is 1. The van der Waals surface area contributed by atoms with Gasteiger partial charge in [-0.25, -0.2) is 0 Å². The molecular weight excluding hydrogens is 260 g/mol. The van der Waals surface area contributed by atoms with Crippen LogP contribution in [0.15, 0.2) is 48.5 Å². The Morgan fingerprint density at radius 1 is 0.905 bits per heavy atom. The smallest absolute Gasteiger partial charge is 0.193 e. The lowest BCUT2D eigenvalue weighted by atomic mass is 10.0. The quantitative estimate of drug-likeness (QED) is 0.691. The Kier molecular flexibility index (Phi) is 3.91. The summed E-state index contributed by atoms with van der Waals surface area (Å²) in [6.07, 6.45) is 3.72. The fraction of sp³-hybridized carbons (Fsp3) is 0.278.